The second-order valence-corrected chi connectivity index (χ2v) is 4.38. The van der Waals surface area contributed by atoms with Crippen LogP contribution in [0.15, 0.2) is 30.5 Å². The number of fused-ring (bicyclic) bond motifs is 1. The molecule has 0 saturated carbocycles. The molecule has 3 rings (SSSR count). The highest BCUT2D eigenvalue weighted by Gasteiger charge is 2.13. The summed E-state index contributed by atoms with van der Waals surface area (Å²) in [5.41, 5.74) is 2.51. The summed E-state index contributed by atoms with van der Waals surface area (Å²) in [6, 6.07) is 5.82. The maximum atomic E-state index is 11.8. The second-order valence-electron chi connectivity index (χ2n) is 4.38. The highest BCUT2D eigenvalue weighted by molar-refractivity contribution is 6.06. The molecule has 2 heterocycles. The molecular weight excluding hydrogens is 258 g/mol. The Balaban J connectivity index is 2.02. The zero-order valence-electron chi connectivity index (χ0n) is 10.6. The van der Waals surface area contributed by atoms with Crippen LogP contribution in [0.4, 0.5) is 0 Å². The van der Waals surface area contributed by atoms with Gasteiger partial charge in [-0.3, -0.25) is 4.79 Å². The van der Waals surface area contributed by atoms with Gasteiger partial charge in [-0.2, -0.15) is 5.21 Å². The number of carbonyl (C=O) groups is 1. The largest absolute Gasteiger partial charge is 0.507 e. The molecule has 0 bridgehead atoms. The van der Waals surface area contributed by atoms with E-state index in [1.165, 1.54) is 0 Å². The number of nitrogens with zero attached hydrogens (tertiary/aromatic N) is 3. The SMILES string of the molecule is Cc1ccc2[nH]cc(C(O)=CC(=O)c3nn[nH]n3)c2c1. The third-order valence-electron chi connectivity index (χ3n) is 2.95. The number of ketones is 1. The van der Waals surface area contributed by atoms with Crippen molar-refractivity contribution in [1.82, 2.24) is 25.6 Å². The van der Waals surface area contributed by atoms with E-state index in [1.807, 2.05) is 25.1 Å². The summed E-state index contributed by atoms with van der Waals surface area (Å²) >= 11 is 0. The van der Waals surface area contributed by atoms with Gasteiger partial charge in [0.05, 0.1) is 0 Å². The molecule has 0 aliphatic carbocycles. The van der Waals surface area contributed by atoms with Gasteiger partial charge < -0.3 is 10.1 Å². The van der Waals surface area contributed by atoms with Crippen molar-refractivity contribution >= 4 is 22.4 Å². The number of hydrogen-bond donors (Lipinski definition) is 3. The molecule has 0 saturated heterocycles. The Labute approximate surface area is 113 Å². The molecular formula is C13H11N5O2. The van der Waals surface area contributed by atoms with E-state index in [4.69, 9.17) is 0 Å². The maximum Gasteiger partial charge on any atom is 0.244 e. The van der Waals surface area contributed by atoms with Crippen molar-refractivity contribution in [3.63, 3.8) is 0 Å². The molecule has 2 aromatic heterocycles. The van der Waals surface area contributed by atoms with Crippen LogP contribution in [-0.2, 0) is 0 Å². The molecule has 0 radical (unpaired) electrons. The van der Waals surface area contributed by atoms with Crippen molar-refractivity contribution in [2.45, 2.75) is 6.92 Å². The Kier molecular flexibility index (Phi) is 2.79. The zero-order chi connectivity index (χ0) is 14.1. The number of rotatable bonds is 3. The number of benzene rings is 1. The molecule has 0 atom stereocenters. The van der Waals surface area contributed by atoms with Crippen LogP contribution in [0.1, 0.15) is 21.7 Å². The minimum Gasteiger partial charge on any atom is -0.507 e. The number of nitrogens with one attached hydrogen (secondary N) is 2. The third kappa shape index (κ3) is 2.05. The summed E-state index contributed by atoms with van der Waals surface area (Å²) < 4.78 is 0. The number of aliphatic hydroxyl groups is 1. The third-order valence-corrected chi connectivity index (χ3v) is 2.95. The van der Waals surface area contributed by atoms with E-state index in [1.54, 1.807) is 6.20 Å². The van der Waals surface area contributed by atoms with E-state index in [-0.39, 0.29) is 11.6 Å². The topological polar surface area (TPSA) is 108 Å². The highest BCUT2D eigenvalue weighted by atomic mass is 16.3. The Morgan fingerprint density at radius 3 is 3.00 bits per heavy atom. The summed E-state index contributed by atoms with van der Waals surface area (Å²) in [7, 11) is 0. The van der Waals surface area contributed by atoms with Crippen molar-refractivity contribution in [1.29, 1.82) is 0 Å². The normalized spacial score (nSPS) is 11.9. The number of allylic oxidation sites excluding steroid dienone is 1. The van der Waals surface area contributed by atoms with Gasteiger partial charge >= 0.3 is 0 Å². The summed E-state index contributed by atoms with van der Waals surface area (Å²) in [5, 5.41) is 23.6. The fourth-order valence-corrected chi connectivity index (χ4v) is 1.98. The first-order valence-corrected chi connectivity index (χ1v) is 5.91. The van der Waals surface area contributed by atoms with Gasteiger partial charge in [0.25, 0.3) is 0 Å². The molecule has 100 valence electrons. The van der Waals surface area contributed by atoms with E-state index in [2.05, 4.69) is 25.6 Å². The molecule has 0 aliphatic heterocycles. The van der Waals surface area contributed by atoms with Crippen molar-refractivity contribution in [3.8, 4) is 0 Å². The number of carbonyl (C=O) groups excluding carboxylic acids is 1. The lowest BCUT2D eigenvalue weighted by atomic mass is 10.1. The molecule has 3 aromatic rings. The summed E-state index contributed by atoms with van der Waals surface area (Å²) in [5.74, 6) is -0.748. The lowest BCUT2D eigenvalue weighted by Gasteiger charge is -1.98. The van der Waals surface area contributed by atoms with Crippen LogP contribution in [0.25, 0.3) is 16.7 Å². The fourth-order valence-electron chi connectivity index (χ4n) is 1.98. The van der Waals surface area contributed by atoms with Crippen molar-refractivity contribution < 1.29 is 9.90 Å². The van der Waals surface area contributed by atoms with Gasteiger partial charge in [-0.1, -0.05) is 11.6 Å². The second kappa shape index (κ2) is 4.61. The van der Waals surface area contributed by atoms with E-state index >= 15 is 0 Å². The lowest BCUT2D eigenvalue weighted by Crippen LogP contribution is -1.99. The summed E-state index contributed by atoms with van der Waals surface area (Å²) in [4.78, 5) is 14.8. The predicted octanol–water partition coefficient (Wildman–Crippen LogP) is 1.77. The lowest BCUT2D eigenvalue weighted by molar-refractivity contribution is 0.103. The summed E-state index contributed by atoms with van der Waals surface area (Å²) in [6.07, 6.45) is 2.73. The number of aromatic nitrogens is 5. The molecule has 3 N–H and O–H groups in total. The molecule has 0 amide bonds. The number of aliphatic hydroxyl groups excluding tert-OH is 1. The standard InChI is InChI=1S/C13H11N5O2/c1-7-2-3-10-8(4-7)9(6-14-10)11(19)5-12(20)13-15-17-18-16-13/h2-6,14,19H,1H3,(H,15,16,17,18). The van der Waals surface area contributed by atoms with Crippen LogP contribution in [0, 0.1) is 6.92 Å². The van der Waals surface area contributed by atoms with Gasteiger partial charge in [0.15, 0.2) is 0 Å². The molecule has 0 unspecified atom stereocenters. The van der Waals surface area contributed by atoms with Crippen molar-refractivity contribution in [2.24, 2.45) is 0 Å². The van der Waals surface area contributed by atoms with Gasteiger partial charge in [0, 0.05) is 28.7 Å². The smallest absolute Gasteiger partial charge is 0.244 e. The predicted molar refractivity (Wildman–Crippen MR) is 72.1 cm³/mol. The van der Waals surface area contributed by atoms with Crippen LogP contribution in [0.2, 0.25) is 0 Å². The molecule has 7 heteroatoms. The van der Waals surface area contributed by atoms with E-state index in [9.17, 15) is 9.90 Å². The number of tetrazole rings is 1. The monoisotopic (exact) mass is 269 g/mol. The number of aryl methyl sites for hydroxylation is 1. The van der Waals surface area contributed by atoms with Crippen LogP contribution in [0.3, 0.4) is 0 Å². The van der Waals surface area contributed by atoms with E-state index in [0.717, 1.165) is 22.5 Å². The summed E-state index contributed by atoms with van der Waals surface area (Å²) in [6.45, 7) is 1.96. The van der Waals surface area contributed by atoms with Gasteiger partial charge in [0.2, 0.25) is 11.6 Å². The average Bonchev–Trinajstić information content (AvgIpc) is 3.07. The van der Waals surface area contributed by atoms with Gasteiger partial charge in [0.1, 0.15) is 5.76 Å². The fraction of sp³-hybridized carbons (Fsp3) is 0.0769. The first-order valence-electron chi connectivity index (χ1n) is 5.91. The first-order chi connectivity index (χ1) is 9.65. The van der Waals surface area contributed by atoms with Crippen LogP contribution in [0.5, 0.6) is 0 Å². The zero-order valence-corrected chi connectivity index (χ0v) is 10.6. The molecule has 0 fully saturated rings. The van der Waals surface area contributed by atoms with Crippen molar-refractivity contribution in [3.05, 3.63) is 47.4 Å². The van der Waals surface area contributed by atoms with Gasteiger partial charge in [-0.15, -0.1) is 10.2 Å². The van der Waals surface area contributed by atoms with Crippen LogP contribution in [-0.4, -0.2) is 36.5 Å². The van der Waals surface area contributed by atoms with Crippen LogP contribution >= 0.6 is 0 Å². The van der Waals surface area contributed by atoms with Crippen LogP contribution < -0.4 is 0 Å². The molecule has 7 nitrogen and oxygen atoms in total. The molecule has 20 heavy (non-hydrogen) atoms. The number of H-pyrrole nitrogens is 2. The Morgan fingerprint density at radius 1 is 1.40 bits per heavy atom. The number of hydrogen-bond acceptors (Lipinski definition) is 5. The quantitative estimate of drug-likeness (QED) is 0.381. The van der Waals surface area contributed by atoms with E-state index < -0.39 is 5.78 Å². The Bertz CT molecular complexity index is 801. The van der Waals surface area contributed by atoms with Gasteiger partial charge in [-0.25, -0.2) is 0 Å². The number of aromatic amines is 2. The molecule has 0 spiro atoms. The Morgan fingerprint density at radius 2 is 2.25 bits per heavy atom. The first kappa shape index (κ1) is 12.1. The average molecular weight is 269 g/mol. The minimum absolute atomic E-state index is 0.0902. The van der Waals surface area contributed by atoms with Gasteiger partial charge in [-0.05, 0) is 24.3 Å². The maximum absolute atomic E-state index is 11.8. The minimum atomic E-state index is -0.516. The van der Waals surface area contributed by atoms with Crippen molar-refractivity contribution in [2.75, 3.05) is 0 Å². The highest BCUT2D eigenvalue weighted by Crippen LogP contribution is 2.24. The Hall–Kier alpha value is -2.96. The van der Waals surface area contributed by atoms with E-state index in [0.29, 0.717) is 5.56 Å². The molecule has 0 aliphatic rings. The molecule has 1 aromatic carbocycles.